The number of rotatable bonds is 3. The number of piperazine rings is 1. The number of nitrogens with zero attached hydrogens (tertiary/aromatic N) is 2. The second-order valence-electron chi connectivity index (χ2n) is 4.19. The largest absolute Gasteiger partial charge is 0.314 e. The summed E-state index contributed by atoms with van der Waals surface area (Å²) in [6, 6.07) is -1.16. The van der Waals surface area contributed by atoms with Crippen molar-refractivity contribution in [2.45, 2.75) is 12.5 Å². The summed E-state index contributed by atoms with van der Waals surface area (Å²) in [6.07, 6.45) is -1.35. The van der Waals surface area contributed by atoms with E-state index in [1.165, 1.54) is 6.20 Å². The average Bonchev–Trinajstić information content (AvgIpc) is 2.39. The van der Waals surface area contributed by atoms with Gasteiger partial charge in [-0.25, -0.2) is 13.8 Å². The number of aromatic nitrogens is 1. The molecule has 3 nitrogen and oxygen atoms in total. The molecule has 2 rings (SSSR count). The molecule has 0 unspecified atom stereocenters. The molecular weight excluding hydrogens is 318 g/mol. The fourth-order valence-corrected chi connectivity index (χ4v) is 2.87. The van der Waals surface area contributed by atoms with Crippen molar-refractivity contribution in [3.8, 4) is 0 Å². The van der Waals surface area contributed by atoms with E-state index in [0.29, 0.717) is 26.2 Å². The first kappa shape index (κ1) is 15.2. The number of nitrogens with one attached hydrogen (secondary N) is 1. The molecule has 0 aromatic carbocycles. The van der Waals surface area contributed by atoms with Gasteiger partial charge in [-0.05, 0) is 0 Å². The summed E-state index contributed by atoms with van der Waals surface area (Å²) in [6.45, 7) is 2.30. The van der Waals surface area contributed by atoms with Gasteiger partial charge in [0.2, 0.25) is 0 Å². The average molecular weight is 331 g/mol. The molecule has 0 bridgehead atoms. The number of hydrogen-bond acceptors (Lipinski definition) is 3. The Morgan fingerprint density at radius 3 is 2.42 bits per heavy atom. The standard InChI is InChI=1S/C11H12Cl3F2N3/c12-6-5-18-10(14)8(13)7(6)9(11(15)16)19-3-1-17-2-4-19/h5,9,11,17H,1-4H2/t9-/m0/s1. The van der Waals surface area contributed by atoms with Gasteiger partial charge in [0.25, 0.3) is 6.43 Å². The second-order valence-corrected chi connectivity index (χ2v) is 5.33. The number of hydrogen-bond donors (Lipinski definition) is 1. The highest BCUT2D eigenvalue weighted by molar-refractivity contribution is 6.43. The smallest absolute Gasteiger partial charge is 0.258 e. The number of pyridine rings is 1. The Morgan fingerprint density at radius 2 is 1.84 bits per heavy atom. The maximum absolute atomic E-state index is 13.4. The molecular formula is C11H12Cl3F2N3. The van der Waals surface area contributed by atoms with Gasteiger partial charge >= 0.3 is 0 Å². The third-order valence-corrected chi connectivity index (χ3v) is 4.11. The lowest BCUT2D eigenvalue weighted by molar-refractivity contribution is 0.0182. The quantitative estimate of drug-likeness (QED) is 0.862. The van der Waals surface area contributed by atoms with Crippen LogP contribution in [-0.4, -0.2) is 42.5 Å². The van der Waals surface area contributed by atoms with Gasteiger partial charge in [0.15, 0.2) is 0 Å². The van der Waals surface area contributed by atoms with Gasteiger partial charge in [-0.1, -0.05) is 34.8 Å². The van der Waals surface area contributed by atoms with E-state index in [0.717, 1.165) is 0 Å². The minimum Gasteiger partial charge on any atom is -0.314 e. The van der Waals surface area contributed by atoms with Crippen LogP contribution in [0.25, 0.3) is 0 Å². The summed E-state index contributed by atoms with van der Waals surface area (Å²) < 4.78 is 26.8. The monoisotopic (exact) mass is 329 g/mol. The van der Waals surface area contributed by atoms with Crippen LogP contribution in [0.5, 0.6) is 0 Å². The lowest BCUT2D eigenvalue weighted by Gasteiger charge is -2.35. The van der Waals surface area contributed by atoms with E-state index in [2.05, 4.69) is 10.3 Å². The summed E-state index contributed by atoms with van der Waals surface area (Å²) >= 11 is 17.8. The van der Waals surface area contributed by atoms with E-state index in [1.54, 1.807) is 4.90 Å². The molecule has 0 amide bonds. The van der Waals surface area contributed by atoms with Crippen molar-refractivity contribution < 1.29 is 8.78 Å². The summed E-state index contributed by atoms with van der Waals surface area (Å²) in [4.78, 5) is 5.41. The molecule has 8 heteroatoms. The Morgan fingerprint density at radius 1 is 1.21 bits per heavy atom. The first-order chi connectivity index (χ1) is 9.02. The number of halogens is 5. The molecule has 1 aliphatic heterocycles. The van der Waals surface area contributed by atoms with E-state index in [-0.39, 0.29) is 20.8 Å². The van der Waals surface area contributed by atoms with Crippen molar-refractivity contribution in [3.63, 3.8) is 0 Å². The molecule has 1 aromatic rings. The van der Waals surface area contributed by atoms with E-state index in [4.69, 9.17) is 34.8 Å². The fourth-order valence-electron chi connectivity index (χ4n) is 2.15. The molecule has 19 heavy (non-hydrogen) atoms. The zero-order chi connectivity index (χ0) is 14.0. The highest BCUT2D eigenvalue weighted by Gasteiger charge is 2.34. The maximum Gasteiger partial charge on any atom is 0.258 e. The summed E-state index contributed by atoms with van der Waals surface area (Å²) in [7, 11) is 0. The van der Waals surface area contributed by atoms with Crippen LogP contribution in [0.1, 0.15) is 11.6 Å². The topological polar surface area (TPSA) is 28.2 Å². The van der Waals surface area contributed by atoms with Crippen molar-refractivity contribution in [2.24, 2.45) is 0 Å². The summed E-state index contributed by atoms with van der Waals surface area (Å²) in [5, 5.41) is 3.21. The Hall–Kier alpha value is -0.200. The maximum atomic E-state index is 13.4. The van der Waals surface area contributed by atoms with E-state index in [9.17, 15) is 8.78 Å². The van der Waals surface area contributed by atoms with E-state index < -0.39 is 12.5 Å². The van der Waals surface area contributed by atoms with Crippen molar-refractivity contribution in [1.29, 1.82) is 0 Å². The zero-order valence-corrected chi connectivity index (χ0v) is 12.1. The molecule has 0 radical (unpaired) electrons. The van der Waals surface area contributed by atoms with Gasteiger partial charge in [0.1, 0.15) is 5.15 Å². The molecule has 1 aliphatic rings. The summed E-state index contributed by atoms with van der Waals surface area (Å²) in [5.41, 5.74) is 0.153. The SMILES string of the molecule is FC(F)[C@H](c1c(Cl)cnc(Cl)c1Cl)N1CCNCC1. The van der Waals surface area contributed by atoms with Gasteiger partial charge in [-0.15, -0.1) is 0 Å². The van der Waals surface area contributed by atoms with Gasteiger partial charge in [0, 0.05) is 37.9 Å². The predicted molar refractivity (Wildman–Crippen MR) is 72.5 cm³/mol. The molecule has 106 valence electrons. The minimum absolute atomic E-state index is 0.00185. The van der Waals surface area contributed by atoms with Crippen LogP contribution in [-0.2, 0) is 0 Å². The van der Waals surface area contributed by atoms with Gasteiger partial charge in [-0.2, -0.15) is 0 Å². The Bertz CT molecular complexity index is 453. The third-order valence-electron chi connectivity index (χ3n) is 3.05. The molecule has 1 atom stereocenters. The molecule has 2 heterocycles. The zero-order valence-electron chi connectivity index (χ0n) is 9.84. The molecule has 0 spiro atoms. The van der Waals surface area contributed by atoms with Crippen LogP contribution in [0.2, 0.25) is 15.2 Å². The third kappa shape index (κ3) is 3.28. The molecule has 1 aromatic heterocycles. The molecule has 1 saturated heterocycles. The highest BCUT2D eigenvalue weighted by atomic mass is 35.5. The Labute approximate surface area is 124 Å². The molecule has 1 fully saturated rings. The first-order valence-electron chi connectivity index (χ1n) is 5.74. The van der Waals surface area contributed by atoms with E-state index >= 15 is 0 Å². The summed E-state index contributed by atoms with van der Waals surface area (Å²) in [5.74, 6) is 0. The second kappa shape index (κ2) is 6.50. The van der Waals surface area contributed by atoms with Crippen molar-refractivity contribution >= 4 is 34.8 Å². The van der Waals surface area contributed by atoms with E-state index in [1.807, 2.05) is 0 Å². The fraction of sp³-hybridized carbons (Fsp3) is 0.545. The van der Waals surface area contributed by atoms with Gasteiger partial charge in [-0.3, -0.25) is 4.90 Å². The molecule has 0 saturated carbocycles. The predicted octanol–water partition coefficient (Wildman–Crippen LogP) is 3.25. The van der Waals surface area contributed by atoms with Crippen molar-refractivity contribution in [1.82, 2.24) is 15.2 Å². The van der Waals surface area contributed by atoms with Crippen LogP contribution >= 0.6 is 34.8 Å². The van der Waals surface area contributed by atoms with Crippen LogP contribution in [0, 0.1) is 0 Å². The normalized spacial score (nSPS) is 18.8. The highest BCUT2D eigenvalue weighted by Crippen LogP contribution is 2.39. The lowest BCUT2D eigenvalue weighted by atomic mass is 10.1. The van der Waals surface area contributed by atoms with Gasteiger partial charge < -0.3 is 5.32 Å². The van der Waals surface area contributed by atoms with Crippen LogP contribution < -0.4 is 5.32 Å². The lowest BCUT2D eigenvalue weighted by Crippen LogP contribution is -2.47. The van der Waals surface area contributed by atoms with Crippen LogP contribution in [0.15, 0.2) is 6.20 Å². The Kier molecular flexibility index (Phi) is 5.20. The molecule has 0 aliphatic carbocycles. The molecule has 1 N–H and O–H groups in total. The van der Waals surface area contributed by atoms with Crippen molar-refractivity contribution in [2.75, 3.05) is 26.2 Å². The van der Waals surface area contributed by atoms with Gasteiger partial charge in [0.05, 0.1) is 16.1 Å². The van der Waals surface area contributed by atoms with Crippen LogP contribution in [0.3, 0.4) is 0 Å². The van der Waals surface area contributed by atoms with Crippen molar-refractivity contribution in [3.05, 3.63) is 27.0 Å². The Balaban J connectivity index is 2.41. The first-order valence-corrected chi connectivity index (χ1v) is 6.88. The minimum atomic E-state index is -2.61. The van der Waals surface area contributed by atoms with Crippen LogP contribution in [0.4, 0.5) is 8.78 Å². The number of alkyl halides is 2.